The van der Waals surface area contributed by atoms with Gasteiger partial charge in [-0.05, 0) is 19.3 Å². The van der Waals surface area contributed by atoms with Crippen LogP contribution in [0, 0.1) is 0 Å². The lowest BCUT2D eigenvalue weighted by molar-refractivity contribution is -0.169. The third kappa shape index (κ3) is 33.1. The van der Waals surface area contributed by atoms with E-state index >= 15 is 0 Å². The molecule has 1 saturated heterocycles. The molecule has 1 aliphatic rings. The van der Waals surface area contributed by atoms with E-state index in [2.05, 4.69) is 0 Å². The summed E-state index contributed by atoms with van der Waals surface area (Å²) in [5.74, 6) is -3.24. The SMILES string of the molecule is O=C(CCC(=O)C(=O)O)OCCOCCOCCOCCOCCOCCOCCOCCOCCOCCOCCOC1CCCCO1. The van der Waals surface area contributed by atoms with Gasteiger partial charge in [-0.15, -0.1) is 0 Å². The molecule has 0 bridgehead atoms. The molecule has 288 valence electrons. The van der Waals surface area contributed by atoms with Crippen LogP contribution in [0.1, 0.15) is 32.1 Å². The lowest BCUT2D eigenvalue weighted by Gasteiger charge is -2.22. The molecule has 1 aliphatic heterocycles. The molecule has 17 nitrogen and oxygen atoms in total. The molecule has 0 amide bonds. The number of aliphatic carboxylic acids is 1. The van der Waals surface area contributed by atoms with E-state index < -0.39 is 17.7 Å². The molecule has 1 heterocycles. The number of rotatable bonds is 38. The second kappa shape index (κ2) is 35.9. The first-order valence-electron chi connectivity index (χ1n) is 17.0. The molecule has 0 aromatic rings. The van der Waals surface area contributed by atoms with Crippen LogP contribution in [-0.4, -0.2) is 181 Å². The number of ketones is 1. The fourth-order valence-corrected chi connectivity index (χ4v) is 3.77. The van der Waals surface area contributed by atoms with Crippen LogP contribution >= 0.6 is 0 Å². The van der Waals surface area contributed by atoms with E-state index in [9.17, 15) is 14.4 Å². The van der Waals surface area contributed by atoms with Crippen molar-refractivity contribution in [2.24, 2.45) is 0 Å². The molecular weight excluding hydrogens is 656 g/mol. The minimum absolute atomic E-state index is 0.0135. The number of carbonyl (C=O) groups is 3. The van der Waals surface area contributed by atoms with Crippen molar-refractivity contribution in [1.82, 2.24) is 0 Å². The summed E-state index contributed by atoms with van der Waals surface area (Å²) in [6.45, 7) is 10.3. The summed E-state index contributed by atoms with van der Waals surface area (Å²) in [5, 5.41) is 8.44. The Morgan fingerprint density at radius 3 is 1.14 bits per heavy atom. The zero-order chi connectivity index (χ0) is 35.3. The average Bonchev–Trinajstić information content (AvgIpc) is 3.11. The van der Waals surface area contributed by atoms with Crippen LogP contribution in [0.5, 0.6) is 0 Å². The molecule has 1 rings (SSSR count). The highest BCUT2D eigenvalue weighted by Gasteiger charge is 2.14. The van der Waals surface area contributed by atoms with Crippen LogP contribution in [0.3, 0.4) is 0 Å². The fraction of sp³-hybridized carbons (Fsp3) is 0.906. The van der Waals surface area contributed by atoms with Crippen molar-refractivity contribution in [2.45, 2.75) is 38.4 Å². The number of hydrogen-bond acceptors (Lipinski definition) is 16. The molecule has 0 spiro atoms. The zero-order valence-electron chi connectivity index (χ0n) is 28.9. The van der Waals surface area contributed by atoms with E-state index in [1.54, 1.807) is 0 Å². The van der Waals surface area contributed by atoms with Gasteiger partial charge < -0.3 is 66.7 Å². The lowest BCUT2D eigenvalue weighted by Crippen LogP contribution is -2.24. The normalized spacial score (nSPS) is 14.7. The van der Waals surface area contributed by atoms with Crippen molar-refractivity contribution in [3.05, 3.63) is 0 Å². The van der Waals surface area contributed by atoms with Gasteiger partial charge in [0.25, 0.3) is 0 Å². The highest BCUT2D eigenvalue weighted by molar-refractivity contribution is 6.32. The standard InChI is InChI=1S/C32H58O17/c33-29(32(35)36)4-5-30(34)47-27-25-45-23-21-43-19-17-41-15-13-39-11-9-37-7-8-38-10-12-40-14-16-42-18-20-44-22-24-46-26-28-49-31-3-1-2-6-48-31/h31H,1-28H2,(H,35,36). The second-order valence-corrected chi connectivity index (χ2v) is 10.2. The molecule has 49 heavy (non-hydrogen) atoms. The van der Waals surface area contributed by atoms with Crippen LogP contribution in [0.15, 0.2) is 0 Å². The largest absolute Gasteiger partial charge is 0.476 e. The van der Waals surface area contributed by atoms with Crippen LogP contribution in [0.25, 0.3) is 0 Å². The molecule has 17 heteroatoms. The molecule has 0 aromatic carbocycles. The molecule has 1 N–H and O–H groups in total. The summed E-state index contributed by atoms with van der Waals surface area (Å²) >= 11 is 0. The first-order valence-corrected chi connectivity index (χ1v) is 17.0. The Morgan fingerprint density at radius 2 is 0.816 bits per heavy atom. The van der Waals surface area contributed by atoms with Crippen LogP contribution in [0.4, 0.5) is 0 Å². The summed E-state index contributed by atoms with van der Waals surface area (Å²) in [5.41, 5.74) is 0. The summed E-state index contributed by atoms with van der Waals surface area (Å²) in [4.78, 5) is 32.6. The summed E-state index contributed by atoms with van der Waals surface area (Å²) < 4.78 is 70.2. The lowest BCUT2D eigenvalue weighted by atomic mass is 10.2. The summed E-state index contributed by atoms with van der Waals surface area (Å²) in [7, 11) is 0. The van der Waals surface area contributed by atoms with Gasteiger partial charge in [-0.25, -0.2) is 4.79 Å². The number of carbonyl (C=O) groups excluding carboxylic acids is 2. The quantitative estimate of drug-likeness (QED) is 0.0533. The van der Waals surface area contributed by atoms with Gasteiger partial charge in [-0.2, -0.15) is 0 Å². The van der Waals surface area contributed by atoms with Crippen LogP contribution in [-0.2, 0) is 76.0 Å². The van der Waals surface area contributed by atoms with E-state index in [1.807, 2.05) is 0 Å². The number of ether oxygens (including phenoxy) is 13. The smallest absolute Gasteiger partial charge is 0.372 e. The van der Waals surface area contributed by atoms with Crippen molar-refractivity contribution < 1.29 is 81.1 Å². The van der Waals surface area contributed by atoms with E-state index in [-0.39, 0.29) is 32.3 Å². The van der Waals surface area contributed by atoms with Crippen molar-refractivity contribution in [3.63, 3.8) is 0 Å². The Balaban J connectivity index is 1.63. The first kappa shape index (κ1) is 45.2. The molecule has 0 saturated carbocycles. The predicted octanol–water partition coefficient (Wildman–Crippen LogP) is 0.673. The Bertz CT molecular complexity index is 766. The topological polar surface area (TPSA) is 191 Å². The van der Waals surface area contributed by atoms with Gasteiger partial charge in [-0.3, -0.25) is 9.59 Å². The van der Waals surface area contributed by atoms with Gasteiger partial charge in [0.1, 0.15) is 6.61 Å². The van der Waals surface area contributed by atoms with Gasteiger partial charge in [0, 0.05) is 13.0 Å². The molecule has 1 atom stereocenters. The average molecular weight is 715 g/mol. The fourth-order valence-electron chi connectivity index (χ4n) is 3.77. The molecule has 0 aromatic heterocycles. The maximum Gasteiger partial charge on any atom is 0.372 e. The number of carboxylic acids is 1. The van der Waals surface area contributed by atoms with Crippen molar-refractivity contribution in [3.8, 4) is 0 Å². The Kier molecular flexibility index (Phi) is 33.1. The molecule has 0 radical (unpaired) electrons. The molecule has 1 unspecified atom stereocenters. The van der Waals surface area contributed by atoms with Gasteiger partial charge in [0.2, 0.25) is 5.78 Å². The number of carboxylic acid groups (broad SMARTS) is 1. The van der Waals surface area contributed by atoms with Crippen molar-refractivity contribution >= 4 is 17.7 Å². The minimum Gasteiger partial charge on any atom is -0.476 e. The molecular formula is C32H58O17. The number of esters is 1. The Hall–Kier alpha value is -1.87. The van der Waals surface area contributed by atoms with Gasteiger partial charge in [0.15, 0.2) is 6.29 Å². The van der Waals surface area contributed by atoms with Gasteiger partial charge in [0.05, 0.1) is 145 Å². The molecule has 1 fully saturated rings. The monoisotopic (exact) mass is 714 g/mol. The van der Waals surface area contributed by atoms with Gasteiger partial charge >= 0.3 is 11.9 Å². The second-order valence-electron chi connectivity index (χ2n) is 10.2. The van der Waals surface area contributed by atoms with Crippen LogP contribution < -0.4 is 0 Å². The highest BCUT2D eigenvalue weighted by atomic mass is 16.7. The first-order chi connectivity index (χ1) is 24.1. The van der Waals surface area contributed by atoms with Crippen LogP contribution in [0.2, 0.25) is 0 Å². The third-order valence-electron chi connectivity index (χ3n) is 6.30. The number of Topliss-reactive ketones (excluding diaryl/α,β-unsaturated/α-hetero) is 1. The van der Waals surface area contributed by atoms with E-state index in [0.29, 0.717) is 132 Å². The summed E-state index contributed by atoms with van der Waals surface area (Å²) in [6, 6.07) is 0. The predicted molar refractivity (Wildman–Crippen MR) is 171 cm³/mol. The highest BCUT2D eigenvalue weighted by Crippen LogP contribution is 2.13. The minimum atomic E-state index is -1.56. The van der Waals surface area contributed by atoms with E-state index in [0.717, 1.165) is 25.9 Å². The van der Waals surface area contributed by atoms with Crippen molar-refractivity contribution in [2.75, 3.05) is 152 Å². The maximum atomic E-state index is 11.4. The van der Waals surface area contributed by atoms with E-state index in [4.69, 9.17) is 66.7 Å². The maximum absolute atomic E-state index is 11.4. The molecule has 0 aliphatic carbocycles. The van der Waals surface area contributed by atoms with Crippen molar-refractivity contribution in [1.29, 1.82) is 0 Å². The number of hydrogen-bond donors (Lipinski definition) is 1. The van der Waals surface area contributed by atoms with Gasteiger partial charge in [-0.1, -0.05) is 0 Å². The van der Waals surface area contributed by atoms with E-state index in [1.165, 1.54) is 0 Å². The zero-order valence-corrected chi connectivity index (χ0v) is 28.9. The summed E-state index contributed by atoms with van der Waals surface area (Å²) in [6.07, 6.45) is 2.49. The Labute approximate surface area is 289 Å². The Morgan fingerprint density at radius 1 is 0.469 bits per heavy atom. The third-order valence-corrected chi connectivity index (χ3v) is 6.30.